The highest BCUT2D eigenvalue weighted by molar-refractivity contribution is 7.14. The molecule has 1 N–H and O–H groups in total. The van der Waals surface area contributed by atoms with Crippen molar-refractivity contribution in [2.24, 2.45) is 0 Å². The summed E-state index contributed by atoms with van der Waals surface area (Å²) < 4.78 is 38.5. The van der Waals surface area contributed by atoms with Crippen molar-refractivity contribution in [3.63, 3.8) is 0 Å². The number of carbonyl (C=O) groups is 1. The van der Waals surface area contributed by atoms with E-state index in [2.05, 4.69) is 10.2 Å². The smallest absolute Gasteiger partial charge is 0.315 e. The first-order chi connectivity index (χ1) is 13.3. The third-order valence-electron chi connectivity index (χ3n) is 4.53. The predicted molar refractivity (Wildman–Crippen MR) is 101 cm³/mol. The largest absolute Gasteiger partial charge is 0.416 e. The van der Waals surface area contributed by atoms with E-state index in [4.69, 9.17) is 5.26 Å². The maximum Gasteiger partial charge on any atom is 0.416 e. The van der Waals surface area contributed by atoms with Gasteiger partial charge in [0, 0.05) is 32.7 Å². The zero-order chi connectivity index (χ0) is 20.1. The first-order valence-electron chi connectivity index (χ1n) is 8.73. The van der Waals surface area contributed by atoms with Gasteiger partial charge in [0.1, 0.15) is 11.1 Å². The van der Waals surface area contributed by atoms with E-state index >= 15 is 0 Å². The van der Waals surface area contributed by atoms with Gasteiger partial charge >= 0.3 is 6.18 Å². The quantitative estimate of drug-likeness (QED) is 0.824. The van der Waals surface area contributed by atoms with Crippen LogP contribution in [0.5, 0.6) is 0 Å². The van der Waals surface area contributed by atoms with E-state index in [1.165, 1.54) is 23.5 Å². The molecule has 1 amide bonds. The van der Waals surface area contributed by atoms with Gasteiger partial charge in [0.25, 0.3) is 0 Å². The van der Waals surface area contributed by atoms with Gasteiger partial charge in [-0.25, -0.2) is 0 Å². The second-order valence-electron chi connectivity index (χ2n) is 6.57. The molecular weight excluding hydrogens is 389 g/mol. The molecule has 3 rings (SSSR count). The lowest BCUT2D eigenvalue weighted by Crippen LogP contribution is -2.48. The van der Waals surface area contributed by atoms with Crippen LogP contribution in [0, 0.1) is 11.3 Å². The standard InChI is InChI=1S/C19H19F3N4OS/c20-19(21,22)16-3-1-2-14(10-16)12-25-5-7-26(8-6-25)13-17(27)24-18-15(11-23)4-9-28-18/h1-4,9-10H,5-8,12-13H2,(H,24,27). The van der Waals surface area contributed by atoms with E-state index in [0.29, 0.717) is 48.9 Å². The van der Waals surface area contributed by atoms with Gasteiger partial charge < -0.3 is 5.32 Å². The van der Waals surface area contributed by atoms with Crippen molar-refractivity contribution in [1.29, 1.82) is 5.26 Å². The van der Waals surface area contributed by atoms with E-state index in [0.717, 1.165) is 6.07 Å². The third kappa shape index (κ3) is 5.32. The van der Waals surface area contributed by atoms with E-state index < -0.39 is 11.7 Å². The van der Waals surface area contributed by atoms with Crippen LogP contribution in [0.1, 0.15) is 16.7 Å². The Hall–Kier alpha value is -2.41. The van der Waals surface area contributed by atoms with Crippen LogP contribution in [-0.4, -0.2) is 48.4 Å². The molecule has 2 heterocycles. The molecule has 2 aromatic rings. The summed E-state index contributed by atoms with van der Waals surface area (Å²) in [6, 6.07) is 9.08. The highest BCUT2D eigenvalue weighted by atomic mass is 32.1. The molecule has 5 nitrogen and oxygen atoms in total. The van der Waals surface area contributed by atoms with Crippen molar-refractivity contribution >= 4 is 22.2 Å². The van der Waals surface area contributed by atoms with Crippen LogP contribution >= 0.6 is 11.3 Å². The molecule has 1 saturated heterocycles. The Morgan fingerprint density at radius 1 is 1.18 bits per heavy atom. The molecular formula is C19H19F3N4OS. The Balaban J connectivity index is 1.47. The Kier molecular flexibility index (Phi) is 6.34. The number of thiophene rings is 1. The van der Waals surface area contributed by atoms with Crippen molar-refractivity contribution in [1.82, 2.24) is 9.80 Å². The molecule has 1 aliphatic heterocycles. The van der Waals surface area contributed by atoms with E-state index in [9.17, 15) is 18.0 Å². The molecule has 0 radical (unpaired) electrons. The first kappa shape index (κ1) is 20.3. The van der Waals surface area contributed by atoms with Crippen LogP contribution in [0.4, 0.5) is 18.2 Å². The maximum atomic E-state index is 12.8. The van der Waals surface area contributed by atoms with Gasteiger partial charge in [0.05, 0.1) is 17.7 Å². The van der Waals surface area contributed by atoms with Crippen LogP contribution < -0.4 is 5.32 Å². The Bertz CT molecular complexity index is 867. The van der Waals surface area contributed by atoms with Crippen LogP contribution in [0.3, 0.4) is 0 Å². The second kappa shape index (κ2) is 8.73. The van der Waals surface area contributed by atoms with E-state index in [-0.39, 0.29) is 12.5 Å². The van der Waals surface area contributed by atoms with Gasteiger partial charge in [-0.1, -0.05) is 18.2 Å². The molecule has 0 atom stereocenters. The number of rotatable bonds is 5. The molecule has 28 heavy (non-hydrogen) atoms. The normalized spacial score (nSPS) is 15.9. The minimum atomic E-state index is -4.34. The fourth-order valence-corrected chi connectivity index (χ4v) is 3.83. The molecule has 148 valence electrons. The average molecular weight is 408 g/mol. The average Bonchev–Trinajstić information content (AvgIpc) is 3.10. The number of anilines is 1. The SMILES string of the molecule is N#Cc1ccsc1NC(=O)CN1CCN(Cc2cccc(C(F)(F)F)c2)CC1. The summed E-state index contributed by atoms with van der Waals surface area (Å²) in [6.07, 6.45) is -4.34. The lowest BCUT2D eigenvalue weighted by atomic mass is 10.1. The minimum Gasteiger partial charge on any atom is -0.315 e. The topological polar surface area (TPSA) is 59.4 Å². The number of halogens is 3. The molecule has 9 heteroatoms. The van der Waals surface area contributed by atoms with Gasteiger partial charge in [-0.2, -0.15) is 18.4 Å². The van der Waals surface area contributed by atoms with Gasteiger partial charge in [-0.15, -0.1) is 11.3 Å². The van der Waals surface area contributed by atoms with Crippen LogP contribution in [0.15, 0.2) is 35.7 Å². The molecule has 1 aliphatic rings. The van der Waals surface area contributed by atoms with E-state index in [1.807, 2.05) is 11.0 Å². The fourth-order valence-electron chi connectivity index (χ4n) is 3.07. The van der Waals surface area contributed by atoms with Crippen molar-refractivity contribution in [2.45, 2.75) is 12.7 Å². The summed E-state index contributed by atoms with van der Waals surface area (Å²) in [5, 5.41) is 14.0. The molecule has 0 spiro atoms. The van der Waals surface area contributed by atoms with Crippen LogP contribution in [0.25, 0.3) is 0 Å². The summed E-state index contributed by atoms with van der Waals surface area (Å²) >= 11 is 1.31. The fraction of sp³-hybridized carbons (Fsp3) is 0.368. The molecule has 0 unspecified atom stereocenters. The molecule has 0 aliphatic carbocycles. The first-order valence-corrected chi connectivity index (χ1v) is 9.61. The van der Waals surface area contributed by atoms with Gasteiger partial charge in [0.2, 0.25) is 5.91 Å². The number of nitriles is 1. The number of piperazine rings is 1. The third-order valence-corrected chi connectivity index (χ3v) is 5.36. The number of alkyl halides is 3. The summed E-state index contributed by atoms with van der Waals surface area (Å²) in [5.74, 6) is -0.176. The summed E-state index contributed by atoms with van der Waals surface area (Å²) in [7, 11) is 0. The van der Waals surface area contributed by atoms with Crippen molar-refractivity contribution in [3.8, 4) is 6.07 Å². The summed E-state index contributed by atoms with van der Waals surface area (Å²) in [4.78, 5) is 16.3. The number of nitrogens with zero attached hydrogens (tertiary/aromatic N) is 3. The number of carbonyl (C=O) groups excluding carboxylic acids is 1. The van der Waals surface area contributed by atoms with Crippen LogP contribution in [-0.2, 0) is 17.5 Å². The summed E-state index contributed by atoms with van der Waals surface area (Å²) in [5.41, 5.74) is 0.442. The van der Waals surface area contributed by atoms with Crippen molar-refractivity contribution in [3.05, 3.63) is 52.4 Å². The molecule has 0 saturated carbocycles. The lowest BCUT2D eigenvalue weighted by molar-refractivity contribution is -0.137. The number of hydrogen-bond donors (Lipinski definition) is 1. The number of benzene rings is 1. The highest BCUT2D eigenvalue weighted by Gasteiger charge is 2.30. The zero-order valence-corrected chi connectivity index (χ0v) is 15.8. The number of amides is 1. The number of hydrogen-bond acceptors (Lipinski definition) is 5. The van der Waals surface area contributed by atoms with Crippen molar-refractivity contribution < 1.29 is 18.0 Å². The maximum absolute atomic E-state index is 12.8. The number of nitrogens with one attached hydrogen (secondary N) is 1. The Morgan fingerprint density at radius 2 is 1.89 bits per heavy atom. The molecule has 0 bridgehead atoms. The predicted octanol–water partition coefficient (Wildman–Crippen LogP) is 3.39. The van der Waals surface area contributed by atoms with E-state index in [1.54, 1.807) is 17.5 Å². The molecule has 1 aromatic heterocycles. The Morgan fingerprint density at radius 3 is 2.57 bits per heavy atom. The van der Waals surface area contributed by atoms with Gasteiger partial charge in [-0.3, -0.25) is 14.6 Å². The zero-order valence-electron chi connectivity index (χ0n) is 15.0. The minimum absolute atomic E-state index is 0.176. The summed E-state index contributed by atoms with van der Waals surface area (Å²) in [6.45, 7) is 3.33. The van der Waals surface area contributed by atoms with Crippen LogP contribution in [0.2, 0.25) is 0 Å². The monoisotopic (exact) mass is 408 g/mol. The second-order valence-corrected chi connectivity index (χ2v) is 7.49. The van der Waals surface area contributed by atoms with Gasteiger partial charge in [0.15, 0.2) is 0 Å². The Labute approximate surface area is 165 Å². The lowest BCUT2D eigenvalue weighted by Gasteiger charge is -2.34. The molecule has 1 aromatic carbocycles. The van der Waals surface area contributed by atoms with Crippen molar-refractivity contribution in [2.75, 3.05) is 38.0 Å². The highest BCUT2D eigenvalue weighted by Crippen LogP contribution is 2.29. The van der Waals surface area contributed by atoms with Gasteiger partial charge in [-0.05, 0) is 23.1 Å². The molecule has 1 fully saturated rings.